The van der Waals surface area contributed by atoms with Crippen LogP contribution in [0.1, 0.15) is 27.2 Å². The number of ether oxygens (including phenoxy) is 1. The summed E-state index contributed by atoms with van der Waals surface area (Å²) in [5.41, 5.74) is -0.733. The highest BCUT2D eigenvalue weighted by atomic mass is 32.2. The molecule has 2 unspecified atom stereocenters. The number of carbonyl (C=O) groups is 1. The molecular weight excluding hydrogens is 354 g/mol. The predicted octanol–water partition coefficient (Wildman–Crippen LogP) is 2.31. The molecule has 1 heterocycles. The normalized spacial score (nSPS) is 21.8. The number of sulfonamides is 1. The van der Waals surface area contributed by atoms with Gasteiger partial charge in [-0.2, -0.15) is 4.31 Å². The fourth-order valence-corrected chi connectivity index (χ4v) is 4.76. The van der Waals surface area contributed by atoms with Crippen molar-refractivity contribution in [3.63, 3.8) is 0 Å². The average molecular weight is 377 g/mol. The monoisotopic (exact) mass is 377 g/mol. The second-order valence-electron chi connectivity index (χ2n) is 7.52. The van der Waals surface area contributed by atoms with E-state index in [1.165, 1.54) is 6.07 Å². The minimum Gasteiger partial charge on any atom is -0.459 e. The van der Waals surface area contributed by atoms with Crippen LogP contribution in [0.25, 0.3) is 10.8 Å². The van der Waals surface area contributed by atoms with Crippen molar-refractivity contribution in [1.29, 1.82) is 0 Å². The van der Waals surface area contributed by atoms with Crippen LogP contribution in [0.3, 0.4) is 0 Å². The van der Waals surface area contributed by atoms with Gasteiger partial charge in [0.25, 0.3) is 0 Å². The quantitative estimate of drug-likeness (QED) is 0.830. The Morgan fingerprint density at radius 3 is 2.46 bits per heavy atom. The molecule has 6 nitrogen and oxygen atoms in total. The molecule has 0 aliphatic carbocycles. The van der Waals surface area contributed by atoms with Gasteiger partial charge in [-0.05, 0) is 43.7 Å². The van der Waals surface area contributed by atoms with E-state index in [1.807, 2.05) is 24.3 Å². The molecule has 2 atom stereocenters. The van der Waals surface area contributed by atoms with Gasteiger partial charge < -0.3 is 9.84 Å². The van der Waals surface area contributed by atoms with Gasteiger partial charge >= 0.3 is 5.97 Å². The number of β-amino-alcohol motifs (C(OH)–C–C–N with tert-alkyl or cyclic N) is 1. The van der Waals surface area contributed by atoms with Gasteiger partial charge in [-0.15, -0.1) is 0 Å². The zero-order valence-electron chi connectivity index (χ0n) is 15.0. The molecule has 1 aliphatic heterocycles. The molecule has 2 aromatic carbocycles. The lowest BCUT2D eigenvalue weighted by atomic mass is 10.1. The highest BCUT2D eigenvalue weighted by Crippen LogP contribution is 2.29. The van der Waals surface area contributed by atoms with E-state index in [-0.39, 0.29) is 17.9 Å². The van der Waals surface area contributed by atoms with E-state index in [0.29, 0.717) is 0 Å². The molecule has 0 spiro atoms. The van der Waals surface area contributed by atoms with Crippen molar-refractivity contribution in [2.24, 2.45) is 0 Å². The maximum Gasteiger partial charge on any atom is 0.325 e. The van der Waals surface area contributed by atoms with Gasteiger partial charge in [0.2, 0.25) is 10.0 Å². The molecule has 0 radical (unpaired) electrons. The molecule has 1 N–H and O–H groups in total. The Bertz CT molecular complexity index is 932. The maximum absolute atomic E-state index is 13.1. The van der Waals surface area contributed by atoms with E-state index < -0.39 is 33.7 Å². The Balaban J connectivity index is 1.96. The van der Waals surface area contributed by atoms with E-state index in [2.05, 4.69) is 0 Å². The Morgan fingerprint density at radius 2 is 1.81 bits per heavy atom. The van der Waals surface area contributed by atoms with E-state index in [0.717, 1.165) is 15.1 Å². The molecule has 3 rings (SSSR count). The Kier molecular flexibility index (Phi) is 4.81. The molecule has 0 saturated carbocycles. The van der Waals surface area contributed by atoms with Gasteiger partial charge in [-0.25, -0.2) is 8.42 Å². The Morgan fingerprint density at radius 1 is 1.15 bits per heavy atom. The summed E-state index contributed by atoms with van der Waals surface area (Å²) in [6, 6.07) is 11.3. The van der Waals surface area contributed by atoms with Gasteiger partial charge in [0.1, 0.15) is 11.6 Å². The highest BCUT2D eigenvalue weighted by molar-refractivity contribution is 7.89. The summed E-state index contributed by atoms with van der Waals surface area (Å²) in [6.45, 7) is 5.04. The number of fused-ring (bicyclic) bond motifs is 1. The Labute approximate surface area is 153 Å². The van der Waals surface area contributed by atoms with Crippen LogP contribution in [0.15, 0.2) is 47.4 Å². The van der Waals surface area contributed by atoms with Crippen molar-refractivity contribution in [1.82, 2.24) is 4.31 Å². The van der Waals surface area contributed by atoms with Crippen LogP contribution in [0.5, 0.6) is 0 Å². The van der Waals surface area contributed by atoms with E-state index >= 15 is 0 Å². The number of esters is 1. The van der Waals surface area contributed by atoms with Crippen LogP contribution in [-0.4, -0.2) is 48.1 Å². The van der Waals surface area contributed by atoms with Gasteiger partial charge in [-0.1, -0.05) is 30.3 Å². The number of carbonyl (C=O) groups excluding carboxylic acids is 1. The molecule has 1 fully saturated rings. The second kappa shape index (κ2) is 6.64. The number of nitrogens with zero attached hydrogens (tertiary/aromatic N) is 1. The van der Waals surface area contributed by atoms with Crippen molar-refractivity contribution in [2.45, 2.75) is 49.8 Å². The lowest BCUT2D eigenvalue weighted by Gasteiger charge is -2.26. The smallest absolute Gasteiger partial charge is 0.325 e. The summed E-state index contributed by atoms with van der Waals surface area (Å²) in [4.78, 5) is 12.6. The summed E-state index contributed by atoms with van der Waals surface area (Å²) in [7, 11) is -3.94. The Hall–Kier alpha value is -1.96. The largest absolute Gasteiger partial charge is 0.459 e. The van der Waals surface area contributed by atoms with Gasteiger partial charge in [0.05, 0.1) is 11.0 Å². The number of hydrogen-bond acceptors (Lipinski definition) is 5. The average Bonchev–Trinajstić information content (AvgIpc) is 2.96. The standard InChI is InChI=1S/C19H23NO5S/c1-19(2,3)25-18(22)17-11-15(21)12-20(17)26(23,24)16-9-8-13-6-4-5-7-14(13)10-16/h4-10,15,17,21H,11-12H2,1-3H3. The van der Waals surface area contributed by atoms with Gasteiger partial charge in [-0.3, -0.25) is 4.79 Å². The highest BCUT2D eigenvalue weighted by Gasteiger charge is 2.45. The number of aliphatic hydroxyl groups is 1. The van der Waals surface area contributed by atoms with Crippen molar-refractivity contribution in [3.8, 4) is 0 Å². The second-order valence-corrected chi connectivity index (χ2v) is 9.41. The third-order valence-corrected chi connectivity index (χ3v) is 6.11. The molecule has 0 bridgehead atoms. The molecule has 1 saturated heterocycles. The predicted molar refractivity (Wildman–Crippen MR) is 98.1 cm³/mol. The first-order valence-electron chi connectivity index (χ1n) is 8.49. The van der Waals surface area contributed by atoms with Gasteiger partial charge in [0, 0.05) is 13.0 Å². The van der Waals surface area contributed by atoms with E-state index in [1.54, 1.807) is 32.9 Å². The van der Waals surface area contributed by atoms with Crippen LogP contribution in [-0.2, 0) is 19.6 Å². The minimum atomic E-state index is -3.94. The SMILES string of the molecule is CC(C)(C)OC(=O)C1CC(O)CN1S(=O)(=O)c1ccc2ccccc2c1. The topological polar surface area (TPSA) is 83.9 Å². The number of aliphatic hydroxyl groups excluding tert-OH is 1. The summed E-state index contributed by atoms with van der Waals surface area (Å²) in [5, 5.41) is 11.7. The van der Waals surface area contributed by atoms with Crippen LogP contribution >= 0.6 is 0 Å². The maximum atomic E-state index is 13.1. The van der Waals surface area contributed by atoms with E-state index in [9.17, 15) is 18.3 Å². The van der Waals surface area contributed by atoms with Crippen molar-refractivity contribution < 1.29 is 23.1 Å². The third-order valence-electron chi connectivity index (χ3n) is 4.24. The number of rotatable bonds is 3. The zero-order chi connectivity index (χ0) is 19.1. The van der Waals surface area contributed by atoms with Crippen LogP contribution in [0.2, 0.25) is 0 Å². The van der Waals surface area contributed by atoms with Gasteiger partial charge in [0.15, 0.2) is 0 Å². The third kappa shape index (κ3) is 3.75. The fourth-order valence-electron chi connectivity index (χ4n) is 3.10. The molecule has 0 amide bonds. The molecular formula is C19H23NO5S. The lowest BCUT2D eigenvalue weighted by molar-refractivity contribution is -0.158. The summed E-state index contributed by atoms with van der Waals surface area (Å²) < 4.78 is 32.6. The molecule has 140 valence electrons. The minimum absolute atomic E-state index is 0.0295. The molecule has 2 aromatic rings. The van der Waals surface area contributed by atoms with Crippen molar-refractivity contribution in [2.75, 3.05) is 6.54 Å². The number of hydrogen-bond donors (Lipinski definition) is 1. The molecule has 26 heavy (non-hydrogen) atoms. The van der Waals surface area contributed by atoms with Crippen molar-refractivity contribution in [3.05, 3.63) is 42.5 Å². The van der Waals surface area contributed by atoms with Crippen molar-refractivity contribution >= 4 is 26.8 Å². The van der Waals surface area contributed by atoms with Crippen LogP contribution in [0, 0.1) is 0 Å². The first kappa shape index (κ1) is 18.8. The fraction of sp³-hybridized carbons (Fsp3) is 0.421. The summed E-state index contributed by atoms with van der Waals surface area (Å²) in [6.07, 6.45) is -0.871. The van der Waals surface area contributed by atoms with E-state index in [4.69, 9.17) is 4.74 Å². The molecule has 0 aromatic heterocycles. The first-order valence-corrected chi connectivity index (χ1v) is 9.93. The van der Waals surface area contributed by atoms with Crippen LogP contribution in [0.4, 0.5) is 0 Å². The summed E-state index contributed by atoms with van der Waals surface area (Å²) in [5.74, 6) is -0.640. The number of benzene rings is 2. The lowest BCUT2D eigenvalue weighted by Crippen LogP contribution is -2.43. The van der Waals surface area contributed by atoms with Crippen LogP contribution < -0.4 is 0 Å². The molecule has 1 aliphatic rings. The summed E-state index contributed by atoms with van der Waals surface area (Å²) >= 11 is 0. The molecule has 7 heteroatoms. The zero-order valence-corrected chi connectivity index (χ0v) is 15.9. The first-order chi connectivity index (χ1) is 12.1.